The van der Waals surface area contributed by atoms with Crippen molar-refractivity contribution in [3.8, 4) is 6.07 Å². The van der Waals surface area contributed by atoms with Crippen molar-refractivity contribution < 1.29 is 4.74 Å². The molecule has 100 valence electrons. The molecule has 0 aliphatic carbocycles. The fourth-order valence-corrected chi connectivity index (χ4v) is 3.48. The average Bonchev–Trinajstić information content (AvgIpc) is 2.77. The van der Waals surface area contributed by atoms with Crippen molar-refractivity contribution >= 4 is 5.82 Å². The lowest BCUT2D eigenvalue weighted by atomic mass is 9.74. The van der Waals surface area contributed by atoms with Crippen molar-refractivity contribution in [3.05, 3.63) is 23.9 Å². The first-order valence-electron chi connectivity index (χ1n) is 6.97. The summed E-state index contributed by atoms with van der Waals surface area (Å²) in [5.74, 6) is 0.940. The van der Waals surface area contributed by atoms with E-state index in [2.05, 4.69) is 22.9 Å². The lowest BCUT2D eigenvalue weighted by Gasteiger charge is -2.39. The van der Waals surface area contributed by atoms with E-state index in [1.54, 1.807) is 6.07 Å². The van der Waals surface area contributed by atoms with Gasteiger partial charge in [-0.3, -0.25) is 0 Å². The lowest BCUT2D eigenvalue weighted by Crippen LogP contribution is -2.41. The number of ether oxygens (including phenoxy) is 1. The molecule has 0 bridgehead atoms. The van der Waals surface area contributed by atoms with Crippen LogP contribution in [0.15, 0.2) is 18.2 Å². The zero-order chi connectivity index (χ0) is 13.3. The quantitative estimate of drug-likeness (QED) is 0.775. The summed E-state index contributed by atoms with van der Waals surface area (Å²) in [5, 5.41) is 8.97. The molecule has 19 heavy (non-hydrogen) atoms. The van der Waals surface area contributed by atoms with Crippen molar-refractivity contribution in [2.75, 3.05) is 24.7 Å². The van der Waals surface area contributed by atoms with E-state index in [0.29, 0.717) is 17.2 Å². The van der Waals surface area contributed by atoms with Gasteiger partial charge >= 0.3 is 0 Å². The second-order valence-electron chi connectivity index (χ2n) is 5.59. The van der Waals surface area contributed by atoms with Gasteiger partial charge < -0.3 is 9.64 Å². The third kappa shape index (κ3) is 2.08. The predicted molar refractivity (Wildman–Crippen MR) is 72.9 cm³/mol. The third-order valence-electron chi connectivity index (χ3n) is 4.84. The summed E-state index contributed by atoms with van der Waals surface area (Å²) >= 11 is 0. The summed E-state index contributed by atoms with van der Waals surface area (Å²) < 4.78 is 5.50. The highest BCUT2D eigenvalue weighted by Gasteiger charge is 2.45. The lowest BCUT2D eigenvalue weighted by molar-refractivity contribution is 0.0128. The molecular weight excluding hydrogens is 238 g/mol. The van der Waals surface area contributed by atoms with Gasteiger partial charge in [0.05, 0.1) is 0 Å². The number of anilines is 1. The van der Waals surface area contributed by atoms with Gasteiger partial charge in [0, 0.05) is 25.8 Å². The molecule has 0 amide bonds. The normalized spacial score (nSPS) is 25.5. The van der Waals surface area contributed by atoms with Crippen LogP contribution in [-0.4, -0.2) is 30.8 Å². The minimum absolute atomic E-state index is 0.378. The highest BCUT2D eigenvalue weighted by Crippen LogP contribution is 2.45. The van der Waals surface area contributed by atoms with E-state index >= 15 is 0 Å². The van der Waals surface area contributed by atoms with Crippen LogP contribution in [0.25, 0.3) is 0 Å². The van der Waals surface area contributed by atoms with Crippen molar-refractivity contribution in [1.29, 1.82) is 5.26 Å². The SMILES string of the molecule is C[C@H]1N(c2cccc(C#N)n2)CCC12CCOCC2. The maximum atomic E-state index is 8.97. The molecule has 4 heteroatoms. The van der Waals surface area contributed by atoms with Crippen LogP contribution >= 0.6 is 0 Å². The molecule has 1 spiro atoms. The first-order chi connectivity index (χ1) is 9.25. The van der Waals surface area contributed by atoms with Crippen LogP contribution in [0.1, 0.15) is 31.9 Å². The molecule has 2 aliphatic heterocycles. The number of pyridine rings is 1. The number of hydrogen-bond donors (Lipinski definition) is 0. The van der Waals surface area contributed by atoms with Crippen LogP contribution in [0, 0.1) is 16.7 Å². The largest absolute Gasteiger partial charge is 0.381 e. The summed E-state index contributed by atoms with van der Waals surface area (Å²) in [5.41, 5.74) is 0.875. The second kappa shape index (κ2) is 4.82. The summed E-state index contributed by atoms with van der Waals surface area (Å²) in [6.45, 7) is 5.08. The molecular formula is C15H19N3O. The van der Waals surface area contributed by atoms with Crippen molar-refractivity contribution in [1.82, 2.24) is 4.98 Å². The Morgan fingerprint density at radius 2 is 2.16 bits per heavy atom. The molecule has 0 unspecified atom stereocenters. The molecule has 1 aromatic rings. The fourth-order valence-electron chi connectivity index (χ4n) is 3.48. The maximum Gasteiger partial charge on any atom is 0.142 e. The molecule has 0 aromatic carbocycles. The van der Waals surface area contributed by atoms with Gasteiger partial charge in [0.25, 0.3) is 0 Å². The monoisotopic (exact) mass is 257 g/mol. The van der Waals surface area contributed by atoms with Crippen molar-refractivity contribution in [2.45, 2.75) is 32.2 Å². The van der Waals surface area contributed by atoms with Crippen molar-refractivity contribution in [2.24, 2.45) is 5.41 Å². The predicted octanol–water partition coefficient (Wildman–Crippen LogP) is 2.35. The number of nitriles is 1. The third-order valence-corrected chi connectivity index (χ3v) is 4.84. The van der Waals surface area contributed by atoms with Crippen LogP contribution in [0.2, 0.25) is 0 Å². The second-order valence-corrected chi connectivity index (χ2v) is 5.59. The van der Waals surface area contributed by atoms with Gasteiger partial charge in [-0.15, -0.1) is 0 Å². The fraction of sp³-hybridized carbons (Fsp3) is 0.600. The smallest absolute Gasteiger partial charge is 0.142 e. The number of nitrogens with zero attached hydrogens (tertiary/aromatic N) is 3. The molecule has 3 heterocycles. The summed E-state index contributed by atoms with van der Waals surface area (Å²) in [6, 6.07) is 8.28. The Hall–Kier alpha value is -1.60. The minimum atomic E-state index is 0.378. The Bertz CT molecular complexity index is 502. The molecule has 0 radical (unpaired) electrons. The van der Waals surface area contributed by atoms with E-state index in [0.717, 1.165) is 38.4 Å². The molecule has 0 saturated carbocycles. The van der Waals surface area contributed by atoms with E-state index in [1.165, 1.54) is 6.42 Å². The van der Waals surface area contributed by atoms with E-state index in [9.17, 15) is 0 Å². The zero-order valence-corrected chi connectivity index (χ0v) is 11.3. The molecule has 1 aromatic heterocycles. The summed E-state index contributed by atoms with van der Waals surface area (Å²) in [4.78, 5) is 6.79. The highest BCUT2D eigenvalue weighted by molar-refractivity contribution is 5.44. The topological polar surface area (TPSA) is 49.2 Å². The average molecular weight is 257 g/mol. The molecule has 1 atom stereocenters. The Balaban J connectivity index is 1.85. The van der Waals surface area contributed by atoms with E-state index in [4.69, 9.17) is 10.00 Å². The van der Waals surface area contributed by atoms with Gasteiger partial charge in [0.1, 0.15) is 17.6 Å². The van der Waals surface area contributed by atoms with Gasteiger partial charge in [-0.1, -0.05) is 6.07 Å². The molecule has 2 aliphatic rings. The van der Waals surface area contributed by atoms with Crippen LogP contribution in [-0.2, 0) is 4.74 Å². The van der Waals surface area contributed by atoms with E-state index in [1.807, 2.05) is 12.1 Å². The molecule has 3 rings (SSSR count). The number of hydrogen-bond acceptors (Lipinski definition) is 4. The maximum absolute atomic E-state index is 8.97. The van der Waals surface area contributed by atoms with Crippen LogP contribution in [0.5, 0.6) is 0 Å². The van der Waals surface area contributed by atoms with Gasteiger partial charge in [-0.2, -0.15) is 5.26 Å². The van der Waals surface area contributed by atoms with Gasteiger partial charge in [0.15, 0.2) is 0 Å². The zero-order valence-electron chi connectivity index (χ0n) is 11.3. The van der Waals surface area contributed by atoms with E-state index < -0.39 is 0 Å². The van der Waals surface area contributed by atoms with Crippen LogP contribution in [0.4, 0.5) is 5.82 Å². The van der Waals surface area contributed by atoms with Gasteiger partial charge in [-0.05, 0) is 43.7 Å². The van der Waals surface area contributed by atoms with Gasteiger partial charge in [-0.25, -0.2) is 4.98 Å². The van der Waals surface area contributed by atoms with Gasteiger partial charge in [0.2, 0.25) is 0 Å². The minimum Gasteiger partial charge on any atom is -0.381 e. The van der Waals surface area contributed by atoms with E-state index in [-0.39, 0.29) is 0 Å². The molecule has 4 nitrogen and oxygen atoms in total. The number of aromatic nitrogens is 1. The first-order valence-corrected chi connectivity index (χ1v) is 6.97. The number of rotatable bonds is 1. The van der Waals surface area contributed by atoms with Crippen LogP contribution < -0.4 is 4.90 Å². The summed E-state index contributed by atoms with van der Waals surface area (Å²) in [6.07, 6.45) is 3.49. The van der Waals surface area contributed by atoms with Crippen LogP contribution in [0.3, 0.4) is 0 Å². The summed E-state index contributed by atoms with van der Waals surface area (Å²) in [7, 11) is 0. The Labute approximate surface area is 114 Å². The highest BCUT2D eigenvalue weighted by atomic mass is 16.5. The molecule has 2 saturated heterocycles. The first kappa shape index (κ1) is 12.4. The van der Waals surface area contributed by atoms with Crippen molar-refractivity contribution in [3.63, 3.8) is 0 Å². The molecule has 2 fully saturated rings. The Kier molecular flexibility index (Phi) is 3.16. The molecule has 0 N–H and O–H groups in total. The standard InChI is InChI=1S/C15H19N3O/c1-12-15(6-9-19-10-7-15)5-8-18(12)14-4-2-3-13(11-16)17-14/h2-4,12H,5-10H2,1H3/t12-/m1/s1. The Morgan fingerprint density at radius 1 is 1.37 bits per heavy atom. The Morgan fingerprint density at radius 3 is 2.89 bits per heavy atom.